The van der Waals surface area contributed by atoms with E-state index in [-0.39, 0.29) is 52.1 Å². The molecule has 1 heteroatoms. The molecule has 47 heavy (non-hydrogen) atoms. The fourth-order valence-electron chi connectivity index (χ4n) is 7.19. The van der Waals surface area contributed by atoms with Crippen LogP contribution >= 0.6 is 0 Å². The van der Waals surface area contributed by atoms with Crippen LogP contribution in [0.3, 0.4) is 0 Å². The monoisotopic (exact) mass is 601 g/mol. The van der Waals surface area contributed by atoms with Crippen LogP contribution in [-0.2, 0) is 0 Å². The molecule has 218 valence electrons. The maximum Gasteiger partial charge on any atom is 0.143 e. The van der Waals surface area contributed by atoms with Gasteiger partial charge in [0, 0.05) is 16.2 Å². The molecule has 10 aromatic rings. The maximum atomic E-state index is 9.77. The second-order valence-corrected chi connectivity index (χ2v) is 12.0. The van der Waals surface area contributed by atoms with Gasteiger partial charge in [-0.15, -0.1) is 0 Å². The zero-order valence-corrected chi connectivity index (χ0v) is 25.2. The second-order valence-electron chi connectivity index (χ2n) is 12.0. The molecule has 0 saturated heterocycles. The number of hydrogen-bond donors (Lipinski definition) is 0. The van der Waals surface area contributed by atoms with Crippen molar-refractivity contribution in [3.8, 4) is 33.4 Å². The minimum atomic E-state index is -0.195. The van der Waals surface area contributed by atoms with Crippen molar-refractivity contribution in [3.05, 3.63) is 170 Å². The van der Waals surface area contributed by atoms with Gasteiger partial charge < -0.3 is 4.42 Å². The second kappa shape index (κ2) is 10.2. The van der Waals surface area contributed by atoms with Crippen molar-refractivity contribution in [2.45, 2.75) is 0 Å². The zero-order valence-electron chi connectivity index (χ0n) is 30.2. The Labute approximate surface area is 279 Å². The third kappa shape index (κ3) is 4.03. The predicted molar refractivity (Wildman–Crippen MR) is 200 cm³/mol. The van der Waals surface area contributed by atoms with Gasteiger partial charge in [0.1, 0.15) is 11.2 Å². The van der Waals surface area contributed by atoms with Crippen molar-refractivity contribution in [2.24, 2.45) is 0 Å². The van der Waals surface area contributed by atoms with E-state index in [2.05, 4.69) is 48.5 Å². The van der Waals surface area contributed by atoms with Crippen LogP contribution in [-0.4, -0.2) is 0 Å². The molecular formula is C46H28O. The number of rotatable bonds is 3. The van der Waals surface area contributed by atoms with Crippen LogP contribution in [0.25, 0.3) is 98.4 Å². The molecule has 0 spiro atoms. The van der Waals surface area contributed by atoms with E-state index in [1.54, 1.807) is 0 Å². The predicted octanol–water partition coefficient (Wildman–Crippen LogP) is 13.2. The summed E-state index contributed by atoms with van der Waals surface area (Å²) in [7, 11) is 0. The average Bonchev–Trinajstić information content (AvgIpc) is 3.60. The summed E-state index contributed by atoms with van der Waals surface area (Å²) >= 11 is 0. The Hall–Kier alpha value is -6.18. The number of furan rings is 1. The molecule has 0 aliphatic carbocycles. The van der Waals surface area contributed by atoms with Crippen LogP contribution in [0.2, 0.25) is 0 Å². The molecule has 0 radical (unpaired) electrons. The van der Waals surface area contributed by atoms with Gasteiger partial charge in [0.05, 0.1) is 6.85 Å². The molecule has 0 atom stereocenters. The minimum Gasteiger partial charge on any atom is -0.455 e. The first kappa shape index (κ1) is 21.5. The van der Waals surface area contributed by atoms with Crippen molar-refractivity contribution >= 4 is 65.0 Å². The van der Waals surface area contributed by atoms with E-state index >= 15 is 0 Å². The molecule has 1 heterocycles. The molecule has 10 rings (SSSR count). The first-order valence-corrected chi connectivity index (χ1v) is 15.8. The molecule has 0 N–H and O–H groups in total. The molecule has 0 amide bonds. The summed E-state index contributed by atoms with van der Waals surface area (Å²) in [4.78, 5) is 0. The molecule has 9 aromatic carbocycles. The summed E-state index contributed by atoms with van der Waals surface area (Å²) in [5.41, 5.74) is 6.04. The van der Waals surface area contributed by atoms with E-state index in [1.165, 1.54) is 0 Å². The van der Waals surface area contributed by atoms with Crippen LogP contribution in [0.4, 0.5) is 0 Å². The number of benzene rings is 9. The summed E-state index contributed by atoms with van der Waals surface area (Å²) in [5, 5.41) is 6.85. The van der Waals surface area contributed by atoms with Gasteiger partial charge in [-0.2, -0.15) is 0 Å². The smallest absolute Gasteiger partial charge is 0.143 e. The van der Waals surface area contributed by atoms with E-state index < -0.39 is 0 Å². The molecular weight excluding hydrogens is 569 g/mol. The molecule has 0 aliphatic heterocycles. The molecule has 0 saturated carbocycles. The van der Waals surface area contributed by atoms with Crippen LogP contribution in [0.5, 0.6) is 0 Å². The Kier molecular flexibility index (Phi) is 4.66. The summed E-state index contributed by atoms with van der Waals surface area (Å²) in [6, 6.07) is 46.2. The Balaban J connectivity index is 1.32. The van der Waals surface area contributed by atoms with Crippen molar-refractivity contribution in [3.63, 3.8) is 0 Å². The third-order valence-electron chi connectivity index (χ3n) is 9.32. The normalized spacial score (nSPS) is 13.3. The highest BCUT2D eigenvalue weighted by molar-refractivity contribution is 6.22. The molecule has 0 bridgehead atoms. The number of fused-ring (bicyclic) bond motifs is 8. The molecule has 0 aliphatic rings. The minimum absolute atomic E-state index is 0.0257. The highest BCUT2D eigenvalue weighted by Crippen LogP contribution is 2.45. The van der Waals surface area contributed by atoms with Crippen molar-refractivity contribution in [1.29, 1.82) is 0 Å². The first-order chi connectivity index (χ1) is 25.4. The fraction of sp³-hybridized carbons (Fsp3) is 0. The van der Waals surface area contributed by atoms with E-state index in [4.69, 9.17) is 4.42 Å². The summed E-state index contributed by atoms with van der Waals surface area (Å²) in [6.45, 7) is 0. The largest absolute Gasteiger partial charge is 0.455 e. The summed E-state index contributed by atoms with van der Waals surface area (Å²) in [6.07, 6.45) is 0. The van der Waals surface area contributed by atoms with Gasteiger partial charge in [0.25, 0.3) is 0 Å². The van der Waals surface area contributed by atoms with E-state index in [1.807, 2.05) is 91.0 Å². The highest BCUT2D eigenvalue weighted by atomic mass is 16.3. The van der Waals surface area contributed by atoms with Crippen molar-refractivity contribution in [2.75, 3.05) is 0 Å². The van der Waals surface area contributed by atoms with Crippen LogP contribution in [0.15, 0.2) is 174 Å². The zero-order chi connectivity index (χ0) is 35.2. The summed E-state index contributed by atoms with van der Waals surface area (Å²) in [5.74, 6) is 0. The Morgan fingerprint density at radius 2 is 0.979 bits per heavy atom. The van der Waals surface area contributed by atoms with Crippen LogP contribution in [0, 0.1) is 0 Å². The van der Waals surface area contributed by atoms with Crippen molar-refractivity contribution < 1.29 is 11.3 Å². The van der Waals surface area contributed by atoms with E-state index in [9.17, 15) is 6.85 Å². The van der Waals surface area contributed by atoms with Crippen LogP contribution in [0.1, 0.15) is 6.85 Å². The van der Waals surface area contributed by atoms with Gasteiger partial charge in [-0.05, 0) is 101 Å². The van der Waals surface area contributed by atoms with Gasteiger partial charge in [0.2, 0.25) is 0 Å². The fourth-order valence-corrected chi connectivity index (χ4v) is 7.19. The Morgan fingerprint density at radius 1 is 0.362 bits per heavy atom. The van der Waals surface area contributed by atoms with Gasteiger partial charge in [-0.25, -0.2) is 0 Å². The molecule has 1 aromatic heterocycles. The van der Waals surface area contributed by atoms with Crippen molar-refractivity contribution in [1.82, 2.24) is 0 Å². The molecule has 0 unspecified atom stereocenters. The lowest BCUT2D eigenvalue weighted by atomic mass is 9.85. The van der Waals surface area contributed by atoms with Gasteiger partial charge in [0.15, 0.2) is 0 Å². The SMILES string of the molecule is [2H]c1c(-c2c3ccccc3c(-c3cccc(-c4ccccc4)c3)c3ccccc23)c([2H])c2c([2H])c3c(oc4c5ccccc5ccc43)c([2H])c2c1[2H]. The van der Waals surface area contributed by atoms with Crippen LogP contribution < -0.4 is 0 Å². The van der Waals surface area contributed by atoms with E-state index in [0.717, 1.165) is 54.6 Å². The standard InChI is InChI=1S/C46H28O/c1-2-11-29(12-3-1)31-14-10-15-33(25-31)44-37-17-6-8-19-39(37)45(40-20-9-7-18-38(40)44)34-22-21-32-28-43-42(27-35(32)26-34)41-24-23-30-13-4-5-16-36(30)46(41)47-43/h1-28H/i21D,22D,26D,27D,28D. The first-order valence-electron chi connectivity index (χ1n) is 18.3. The van der Waals surface area contributed by atoms with Gasteiger partial charge in [-0.1, -0.05) is 139 Å². The summed E-state index contributed by atoms with van der Waals surface area (Å²) < 4.78 is 53.7. The third-order valence-corrected chi connectivity index (χ3v) is 9.32. The number of hydrogen-bond acceptors (Lipinski definition) is 1. The lowest BCUT2D eigenvalue weighted by Crippen LogP contribution is -1.91. The topological polar surface area (TPSA) is 13.1 Å². The molecule has 1 nitrogen and oxygen atoms in total. The highest BCUT2D eigenvalue weighted by Gasteiger charge is 2.18. The maximum absolute atomic E-state index is 9.77. The van der Waals surface area contributed by atoms with Gasteiger partial charge in [-0.3, -0.25) is 0 Å². The lowest BCUT2D eigenvalue weighted by Gasteiger charge is -2.18. The van der Waals surface area contributed by atoms with Gasteiger partial charge >= 0.3 is 0 Å². The average molecular weight is 602 g/mol. The lowest BCUT2D eigenvalue weighted by molar-refractivity contribution is 0.673. The molecule has 0 fully saturated rings. The quantitative estimate of drug-likeness (QED) is 0.184. The van der Waals surface area contributed by atoms with E-state index in [0.29, 0.717) is 21.9 Å². The Bertz CT molecular complexity index is 3070. The Morgan fingerprint density at radius 3 is 1.72 bits per heavy atom.